The number of fused-ring (bicyclic) bond motifs is 18. The molecule has 0 radical (unpaired) electrons. The zero-order chi connectivity index (χ0) is 73.9. The predicted octanol–water partition coefficient (Wildman–Crippen LogP) is 24.1. The first-order chi connectivity index (χ1) is 55.5. The molecule has 10 nitrogen and oxygen atoms in total. The molecule has 14 aromatic carbocycles. The van der Waals surface area contributed by atoms with Crippen LogP contribution in [0.15, 0.2) is 377 Å². The first-order valence-electron chi connectivity index (χ1n) is 37.7. The minimum atomic E-state index is -0.828. The van der Waals surface area contributed by atoms with Crippen LogP contribution in [0, 0.1) is 0 Å². The molecule has 112 heavy (non-hydrogen) atoms. The molecule has 18 aromatic rings. The van der Waals surface area contributed by atoms with Gasteiger partial charge in [-0.2, -0.15) is 0 Å². The van der Waals surface area contributed by atoms with E-state index in [4.69, 9.17) is 44.4 Å². The summed E-state index contributed by atoms with van der Waals surface area (Å²) in [6.45, 7) is 0. The third kappa shape index (κ3) is 10.3. The fraction of sp³-hybridized carbons (Fsp3) is 0.0196. The third-order valence-electron chi connectivity index (χ3n) is 22.7. The summed E-state index contributed by atoms with van der Waals surface area (Å²) in [6.07, 6.45) is 5.71. The van der Waals surface area contributed by atoms with E-state index in [1.54, 1.807) is 0 Å². The monoisotopic (exact) mass is 1430 g/mol. The fourth-order valence-corrected chi connectivity index (χ4v) is 17.6. The van der Waals surface area contributed by atoms with E-state index in [9.17, 15) is 0 Å². The Balaban J connectivity index is 0.655. The molecule has 0 fully saturated rings. The van der Waals surface area contributed by atoms with Crippen molar-refractivity contribution in [1.82, 2.24) is 39.9 Å². The van der Waals surface area contributed by atoms with Crippen molar-refractivity contribution in [3.8, 4) is 169 Å². The summed E-state index contributed by atoms with van der Waals surface area (Å²) in [5.74, 6) is 6.77. The van der Waals surface area contributed by atoms with Crippen LogP contribution in [0.1, 0.15) is 44.5 Å². The second-order valence-corrected chi connectivity index (χ2v) is 28.8. The van der Waals surface area contributed by atoms with Gasteiger partial charge in [-0.3, -0.25) is 9.97 Å². The van der Waals surface area contributed by atoms with E-state index in [2.05, 4.69) is 236 Å². The molecule has 2 aliphatic carbocycles. The quantitative estimate of drug-likeness (QED) is 0.124. The van der Waals surface area contributed by atoms with Gasteiger partial charge in [0.05, 0.1) is 16.5 Å². The number of benzene rings is 14. The van der Waals surface area contributed by atoms with Crippen molar-refractivity contribution in [2.45, 2.75) is 10.8 Å². The van der Waals surface area contributed by atoms with Crippen LogP contribution in [0.4, 0.5) is 0 Å². The lowest BCUT2D eigenvalue weighted by molar-refractivity contribution is 0.436. The lowest BCUT2D eigenvalue weighted by Crippen LogP contribution is -2.32. The molecule has 1 unspecified atom stereocenters. The second kappa shape index (κ2) is 25.9. The highest BCUT2D eigenvalue weighted by Gasteiger charge is 2.53. The number of para-hydroxylation sites is 4. The molecule has 0 saturated heterocycles. The summed E-state index contributed by atoms with van der Waals surface area (Å²) in [5, 5.41) is 0. The molecule has 2 aliphatic heterocycles. The Morgan fingerprint density at radius 2 is 0.518 bits per heavy atom. The third-order valence-corrected chi connectivity index (χ3v) is 22.7. The molecule has 22 rings (SSSR count). The summed E-state index contributed by atoms with van der Waals surface area (Å²) >= 11 is 0. The van der Waals surface area contributed by atoms with Crippen LogP contribution in [-0.2, 0) is 10.8 Å². The maximum Gasteiger partial charge on any atom is 0.164 e. The Hall–Kier alpha value is -15.0. The lowest BCUT2D eigenvalue weighted by Gasteiger charge is -2.40. The zero-order valence-corrected chi connectivity index (χ0v) is 60.2. The predicted molar refractivity (Wildman–Crippen MR) is 443 cm³/mol. The van der Waals surface area contributed by atoms with Crippen LogP contribution < -0.4 is 9.47 Å². The maximum atomic E-state index is 7.31. The van der Waals surface area contributed by atoms with Crippen LogP contribution in [0.3, 0.4) is 0 Å². The molecule has 4 aliphatic rings. The molecule has 0 amide bonds. The molecular formula is C102H62N8O2. The van der Waals surface area contributed by atoms with Crippen molar-refractivity contribution in [3.05, 3.63) is 421 Å². The number of pyridine rings is 2. The largest absolute Gasteiger partial charge is 0.457 e. The highest BCUT2D eigenvalue weighted by atomic mass is 16.5. The molecule has 522 valence electrons. The Labute approximate surface area is 646 Å². The van der Waals surface area contributed by atoms with Gasteiger partial charge in [-0.25, -0.2) is 29.9 Å². The smallest absolute Gasteiger partial charge is 0.164 e. The van der Waals surface area contributed by atoms with Crippen molar-refractivity contribution < 1.29 is 9.47 Å². The Bertz CT molecular complexity index is 6640. The average Bonchev–Trinajstić information content (AvgIpc) is 1.50. The van der Waals surface area contributed by atoms with Gasteiger partial charge >= 0.3 is 0 Å². The molecule has 0 N–H and O–H groups in total. The van der Waals surface area contributed by atoms with E-state index in [0.29, 0.717) is 34.9 Å². The van der Waals surface area contributed by atoms with Gasteiger partial charge in [0, 0.05) is 85.4 Å². The highest BCUT2D eigenvalue weighted by Crippen LogP contribution is 2.66. The number of hydrogen-bond donors (Lipinski definition) is 0. The standard InChI is InChI=1S/C102H62N8O2/c1-5-22-65(23-6-1)95-105-96(66-24-7-2-8-25-66)108-99(107-95)73-47-52-83-80(59-73)79-58-72(46-51-82(79)101(83)86-34-13-16-38-91(86)111-92-39-17-14-35-87(92)101)69-30-19-31-70(56-69)76-49-54-90(104-62-76)77-33-20-37-89-94(77)112-93-40-18-15-36-88(93)102(89)84-50-45-71(63-41-43-64(44-42-63)75-32-21-55-103-61-75)57-78(84)81-60-74(48-53-85(81)102)100-109-97(67-26-9-3-10-27-67)106-98(110-100)68-28-11-4-12-29-68/h1-62H. The van der Waals surface area contributed by atoms with Crippen LogP contribution in [0.25, 0.3) is 146 Å². The second-order valence-electron chi connectivity index (χ2n) is 28.8. The van der Waals surface area contributed by atoms with E-state index in [1.807, 2.05) is 146 Å². The van der Waals surface area contributed by atoms with Crippen molar-refractivity contribution in [2.24, 2.45) is 0 Å². The number of aromatic nitrogens is 8. The van der Waals surface area contributed by atoms with Crippen molar-refractivity contribution in [2.75, 3.05) is 0 Å². The lowest BCUT2D eigenvalue weighted by atomic mass is 9.65. The first-order valence-corrected chi connectivity index (χ1v) is 37.7. The summed E-state index contributed by atoms with van der Waals surface area (Å²) < 4.78 is 14.1. The SMILES string of the molecule is c1ccc(-c2nc(-c3ccccc3)nc(-c3ccc4c(c3)-c3cc(-c5cccc(-c6ccc(-c7cccc8c7Oc7ccccc7C87c8ccc(-c9ccc(-c%10cccnc%10)cc9)cc8-c8cc(-c9nc(-c%10ccccc%10)nc(-c%10ccccc%10)n9)ccc87)nc6)c5)ccc3C43c4ccccc4Oc4ccccc43)n2)cc1. The Kier molecular flexibility index (Phi) is 14.8. The highest BCUT2D eigenvalue weighted by molar-refractivity contribution is 5.96. The Morgan fingerprint density at radius 1 is 0.196 bits per heavy atom. The van der Waals surface area contributed by atoms with E-state index < -0.39 is 10.8 Å². The van der Waals surface area contributed by atoms with Gasteiger partial charge in [0.1, 0.15) is 23.0 Å². The van der Waals surface area contributed by atoms with Gasteiger partial charge < -0.3 is 9.47 Å². The van der Waals surface area contributed by atoms with Gasteiger partial charge in [0.2, 0.25) is 0 Å². The van der Waals surface area contributed by atoms with E-state index in [0.717, 1.165) is 173 Å². The van der Waals surface area contributed by atoms with Gasteiger partial charge in [0.25, 0.3) is 0 Å². The molecule has 1 atom stereocenters. The topological polar surface area (TPSA) is 122 Å². The number of rotatable bonds is 11. The first kappa shape index (κ1) is 64.2. The zero-order valence-electron chi connectivity index (χ0n) is 60.2. The Morgan fingerprint density at radius 3 is 0.964 bits per heavy atom. The van der Waals surface area contributed by atoms with Crippen LogP contribution >= 0.6 is 0 Å². The summed E-state index contributed by atoms with van der Waals surface area (Å²) in [6, 6.07) is 126. The number of nitrogens with zero attached hydrogens (tertiary/aromatic N) is 8. The van der Waals surface area contributed by atoms with E-state index in [1.165, 1.54) is 5.56 Å². The maximum absolute atomic E-state index is 7.31. The molecule has 10 heteroatoms. The summed E-state index contributed by atoms with van der Waals surface area (Å²) in [5.41, 5.74) is 27.3. The van der Waals surface area contributed by atoms with Gasteiger partial charge in [-0.15, -0.1) is 0 Å². The normalized spacial score (nSPS) is 14.0. The van der Waals surface area contributed by atoms with Crippen LogP contribution in [0.2, 0.25) is 0 Å². The van der Waals surface area contributed by atoms with Crippen molar-refractivity contribution >= 4 is 0 Å². The number of hydrogen-bond acceptors (Lipinski definition) is 10. The van der Waals surface area contributed by atoms with Gasteiger partial charge in [-0.05, 0) is 150 Å². The average molecular weight is 1430 g/mol. The minimum absolute atomic E-state index is 0.581. The fourth-order valence-electron chi connectivity index (χ4n) is 17.6. The van der Waals surface area contributed by atoms with Gasteiger partial charge in [0.15, 0.2) is 34.9 Å². The molecule has 6 heterocycles. The van der Waals surface area contributed by atoms with Crippen LogP contribution in [0.5, 0.6) is 23.0 Å². The van der Waals surface area contributed by atoms with Crippen LogP contribution in [-0.4, -0.2) is 39.9 Å². The molecule has 4 aromatic heterocycles. The van der Waals surface area contributed by atoms with E-state index >= 15 is 0 Å². The summed E-state index contributed by atoms with van der Waals surface area (Å²) in [4.78, 5) is 40.9. The summed E-state index contributed by atoms with van der Waals surface area (Å²) in [7, 11) is 0. The van der Waals surface area contributed by atoms with E-state index in [-0.39, 0.29) is 0 Å². The molecule has 2 spiro atoms. The molecular weight excluding hydrogens is 1370 g/mol. The van der Waals surface area contributed by atoms with Crippen molar-refractivity contribution in [3.63, 3.8) is 0 Å². The molecule has 0 bridgehead atoms. The number of ether oxygens (including phenoxy) is 2. The molecule has 0 saturated carbocycles. The minimum Gasteiger partial charge on any atom is -0.457 e. The van der Waals surface area contributed by atoms with Gasteiger partial charge in [-0.1, -0.05) is 291 Å². The van der Waals surface area contributed by atoms with Crippen molar-refractivity contribution in [1.29, 1.82) is 0 Å².